The van der Waals surface area contributed by atoms with E-state index in [1.165, 1.54) is 17.4 Å². The van der Waals surface area contributed by atoms with Crippen LogP contribution in [0.2, 0.25) is 0 Å². The van der Waals surface area contributed by atoms with Crippen molar-refractivity contribution in [3.8, 4) is 11.3 Å². The Bertz CT molecular complexity index is 1210. The van der Waals surface area contributed by atoms with Crippen molar-refractivity contribution in [3.05, 3.63) is 72.3 Å². The van der Waals surface area contributed by atoms with Gasteiger partial charge in [0.2, 0.25) is 5.95 Å². The van der Waals surface area contributed by atoms with E-state index in [9.17, 15) is 4.79 Å². The van der Waals surface area contributed by atoms with Gasteiger partial charge >= 0.3 is 0 Å². The molecule has 0 bridgehead atoms. The molecule has 4 aromatic rings. The molecular formula is C25H26N6O. The Morgan fingerprint density at radius 2 is 1.94 bits per heavy atom. The first-order chi connectivity index (χ1) is 15.8. The van der Waals surface area contributed by atoms with E-state index in [0.29, 0.717) is 23.8 Å². The molecule has 0 aliphatic carbocycles. The van der Waals surface area contributed by atoms with E-state index in [-0.39, 0.29) is 5.91 Å². The van der Waals surface area contributed by atoms with Gasteiger partial charge in [0.15, 0.2) is 0 Å². The fourth-order valence-corrected chi connectivity index (χ4v) is 4.25. The summed E-state index contributed by atoms with van der Waals surface area (Å²) in [5.41, 5.74) is 4.20. The van der Waals surface area contributed by atoms with Crippen molar-refractivity contribution in [3.63, 3.8) is 0 Å². The van der Waals surface area contributed by atoms with Crippen LogP contribution < -0.4 is 10.2 Å². The number of fused-ring (bicyclic) bond motifs is 1. The number of carbonyl (C=O) groups excluding carboxylic acids is 1. The minimum absolute atomic E-state index is 0.172. The summed E-state index contributed by atoms with van der Waals surface area (Å²) in [5.74, 6) is 0.507. The van der Waals surface area contributed by atoms with Gasteiger partial charge in [-0.1, -0.05) is 18.2 Å². The highest BCUT2D eigenvalue weighted by Gasteiger charge is 2.20. The normalized spacial score (nSPS) is 13.9. The fraction of sp³-hybridized carbons (Fsp3) is 0.280. The number of aromatic nitrogens is 4. The maximum atomic E-state index is 13.1. The van der Waals surface area contributed by atoms with Gasteiger partial charge in [-0.15, -0.1) is 0 Å². The summed E-state index contributed by atoms with van der Waals surface area (Å²) in [5, 5.41) is 4.23. The zero-order valence-corrected chi connectivity index (χ0v) is 17.9. The fourth-order valence-electron chi connectivity index (χ4n) is 4.25. The minimum atomic E-state index is -0.172. The minimum Gasteiger partial charge on any atom is -0.361 e. The number of hydrogen-bond acceptors (Lipinski definition) is 5. The average Bonchev–Trinajstić information content (AvgIpc) is 3.28. The zero-order valence-electron chi connectivity index (χ0n) is 17.9. The summed E-state index contributed by atoms with van der Waals surface area (Å²) in [6, 6.07) is 12.0. The number of rotatable bonds is 6. The van der Waals surface area contributed by atoms with Gasteiger partial charge < -0.3 is 15.2 Å². The average molecular weight is 427 g/mol. The van der Waals surface area contributed by atoms with Crippen LogP contribution in [-0.4, -0.2) is 45.5 Å². The smallest absolute Gasteiger partial charge is 0.255 e. The van der Waals surface area contributed by atoms with Crippen LogP contribution in [0.25, 0.3) is 22.2 Å². The van der Waals surface area contributed by atoms with Crippen molar-refractivity contribution in [1.82, 2.24) is 25.3 Å². The Hall–Kier alpha value is -3.74. The molecule has 7 nitrogen and oxygen atoms in total. The number of H-pyrrole nitrogens is 1. The third-order valence-corrected chi connectivity index (χ3v) is 5.95. The second-order valence-corrected chi connectivity index (χ2v) is 8.09. The van der Waals surface area contributed by atoms with Gasteiger partial charge in [-0.25, -0.2) is 9.97 Å². The molecule has 0 unspecified atom stereocenters. The molecule has 4 heterocycles. The van der Waals surface area contributed by atoms with Crippen molar-refractivity contribution in [2.75, 3.05) is 24.5 Å². The van der Waals surface area contributed by atoms with Crippen LogP contribution in [0.3, 0.4) is 0 Å². The van der Waals surface area contributed by atoms with Crippen molar-refractivity contribution in [2.24, 2.45) is 0 Å². The van der Waals surface area contributed by atoms with E-state index in [1.807, 2.05) is 30.5 Å². The molecule has 1 saturated heterocycles. The molecule has 32 heavy (non-hydrogen) atoms. The molecule has 0 spiro atoms. The molecule has 1 aliphatic rings. The standard InChI is InChI=1S/C25H26N6O/c32-24(27-12-10-18-16-28-22-9-3-2-8-20(18)22)21-17-29-25(31-13-4-1-5-14-31)30-23(21)19-7-6-11-26-15-19/h2-3,6-9,11,15-17,28H,1,4-5,10,12-14H2,(H,27,32). The number of anilines is 1. The molecular weight excluding hydrogens is 400 g/mol. The maximum Gasteiger partial charge on any atom is 0.255 e. The second-order valence-electron chi connectivity index (χ2n) is 8.09. The lowest BCUT2D eigenvalue weighted by atomic mass is 10.1. The van der Waals surface area contributed by atoms with Crippen LogP contribution in [-0.2, 0) is 6.42 Å². The zero-order chi connectivity index (χ0) is 21.8. The topological polar surface area (TPSA) is 86.8 Å². The van der Waals surface area contributed by atoms with Gasteiger partial charge in [-0.05, 0) is 49.4 Å². The number of piperidine rings is 1. The van der Waals surface area contributed by atoms with Gasteiger partial charge in [0.1, 0.15) is 0 Å². The number of hydrogen-bond donors (Lipinski definition) is 2. The lowest BCUT2D eigenvalue weighted by Gasteiger charge is -2.27. The summed E-state index contributed by atoms with van der Waals surface area (Å²) in [6.45, 7) is 2.42. The maximum absolute atomic E-state index is 13.1. The van der Waals surface area contributed by atoms with Crippen molar-refractivity contribution in [1.29, 1.82) is 0 Å². The molecule has 1 amide bonds. The molecule has 0 atom stereocenters. The van der Waals surface area contributed by atoms with E-state index in [1.54, 1.807) is 18.6 Å². The van der Waals surface area contributed by atoms with Crippen molar-refractivity contribution < 1.29 is 4.79 Å². The third-order valence-electron chi connectivity index (χ3n) is 5.95. The third kappa shape index (κ3) is 4.19. The largest absolute Gasteiger partial charge is 0.361 e. The van der Waals surface area contributed by atoms with Gasteiger partial charge in [0.05, 0.1) is 11.3 Å². The summed E-state index contributed by atoms with van der Waals surface area (Å²) in [4.78, 5) is 32.1. The Morgan fingerprint density at radius 1 is 1.06 bits per heavy atom. The van der Waals surface area contributed by atoms with E-state index in [2.05, 4.69) is 37.3 Å². The molecule has 7 heteroatoms. The number of benzene rings is 1. The van der Waals surface area contributed by atoms with Crippen molar-refractivity contribution >= 4 is 22.8 Å². The number of amides is 1. The summed E-state index contributed by atoms with van der Waals surface area (Å²) in [6.07, 6.45) is 11.4. The van der Waals surface area contributed by atoms with E-state index < -0.39 is 0 Å². The Morgan fingerprint density at radius 3 is 2.78 bits per heavy atom. The Kier molecular flexibility index (Phi) is 5.79. The molecule has 5 rings (SSSR count). The molecule has 0 saturated carbocycles. The molecule has 1 fully saturated rings. The lowest BCUT2D eigenvalue weighted by molar-refractivity contribution is 0.0954. The van der Waals surface area contributed by atoms with Crippen LogP contribution >= 0.6 is 0 Å². The first-order valence-electron chi connectivity index (χ1n) is 11.2. The van der Waals surface area contributed by atoms with Gasteiger partial charge in [0, 0.05) is 60.9 Å². The van der Waals surface area contributed by atoms with Gasteiger partial charge in [0.25, 0.3) is 5.91 Å². The summed E-state index contributed by atoms with van der Waals surface area (Å²) in [7, 11) is 0. The molecule has 162 valence electrons. The number of para-hydroxylation sites is 1. The van der Waals surface area contributed by atoms with Crippen LogP contribution in [0.4, 0.5) is 5.95 Å². The van der Waals surface area contributed by atoms with Crippen LogP contribution in [0.5, 0.6) is 0 Å². The van der Waals surface area contributed by atoms with Crippen molar-refractivity contribution in [2.45, 2.75) is 25.7 Å². The highest BCUT2D eigenvalue weighted by atomic mass is 16.1. The number of aromatic amines is 1. The SMILES string of the molecule is O=C(NCCc1c[nH]c2ccccc12)c1cnc(N2CCCCC2)nc1-c1cccnc1. The Labute approximate surface area is 186 Å². The molecule has 2 N–H and O–H groups in total. The quantitative estimate of drug-likeness (QED) is 0.487. The molecule has 1 aromatic carbocycles. The predicted octanol–water partition coefficient (Wildman–Crippen LogP) is 3.98. The highest BCUT2D eigenvalue weighted by molar-refractivity contribution is 5.99. The van der Waals surface area contributed by atoms with Gasteiger partial charge in [-0.3, -0.25) is 9.78 Å². The van der Waals surface area contributed by atoms with E-state index in [4.69, 9.17) is 4.98 Å². The summed E-state index contributed by atoms with van der Waals surface area (Å²) >= 11 is 0. The first kappa shape index (κ1) is 20.2. The van der Waals surface area contributed by atoms with E-state index >= 15 is 0 Å². The first-order valence-corrected chi connectivity index (χ1v) is 11.2. The van der Waals surface area contributed by atoms with Gasteiger partial charge in [-0.2, -0.15) is 0 Å². The second kappa shape index (κ2) is 9.18. The number of pyridine rings is 1. The lowest BCUT2D eigenvalue weighted by Crippen LogP contribution is -2.32. The molecule has 0 radical (unpaired) electrons. The van der Waals surface area contributed by atoms with E-state index in [0.717, 1.165) is 43.4 Å². The van der Waals surface area contributed by atoms with Crippen LogP contribution in [0.15, 0.2) is 61.2 Å². The highest BCUT2D eigenvalue weighted by Crippen LogP contribution is 2.24. The van der Waals surface area contributed by atoms with Crippen LogP contribution in [0.1, 0.15) is 35.2 Å². The summed E-state index contributed by atoms with van der Waals surface area (Å²) < 4.78 is 0. The number of nitrogens with zero attached hydrogens (tertiary/aromatic N) is 4. The molecule has 1 aliphatic heterocycles. The molecule has 3 aromatic heterocycles. The predicted molar refractivity (Wildman–Crippen MR) is 126 cm³/mol. The number of nitrogens with one attached hydrogen (secondary N) is 2. The monoisotopic (exact) mass is 426 g/mol. The number of carbonyl (C=O) groups is 1. The Balaban J connectivity index is 1.36. The van der Waals surface area contributed by atoms with Crippen LogP contribution in [0, 0.1) is 0 Å².